The van der Waals surface area contributed by atoms with E-state index >= 15 is 0 Å². The highest BCUT2D eigenvalue weighted by Crippen LogP contribution is 2.11. The van der Waals surface area contributed by atoms with Crippen LogP contribution in [0.15, 0.2) is 24.3 Å². The largest absolute Gasteiger partial charge is 0.478 e. The van der Waals surface area contributed by atoms with Crippen LogP contribution in [-0.2, 0) is 4.79 Å². The van der Waals surface area contributed by atoms with Crippen LogP contribution in [0.4, 0.5) is 4.39 Å². The Morgan fingerprint density at radius 1 is 1.57 bits per heavy atom. The molecule has 0 saturated carbocycles. The summed E-state index contributed by atoms with van der Waals surface area (Å²) in [5.41, 5.74) is 0.499. The monoisotopic (exact) mass is 191 g/mol. The molecule has 0 spiro atoms. The maximum atomic E-state index is 12.7. The van der Waals surface area contributed by atoms with Crippen molar-refractivity contribution in [1.82, 2.24) is 0 Å². The summed E-state index contributed by atoms with van der Waals surface area (Å²) in [7, 11) is 0. The molecule has 0 aromatic heterocycles. The van der Waals surface area contributed by atoms with Gasteiger partial charge in [0.1, 0.15) is 5.82 Å². The molecule has 1 N–H and O–H groups in total. The highest BCUT2D eigenvalue weighted by atomic mass is 19.1. The predicted molar refractivity (Wildman–Crippen MR) is 47.8 cm³/mol. The van der Waals surface area contributed by atoms with E-state index in [2.05, 4.69) is 0 Å². The zero-order chi connectivity index (χ0) is 10.6. The van der Waals surface area contributed by atoms with Crippen LogP contribution < -0.4 is 0 Å². The SMILES string of the molecule is N#Cc1ccc(F)cc1/C=C/C(=O)O. The van der Waals surface area contributed by atoms with Crippen molar-refractivity contribution in [1.29, 1.82) is 5.26 Å². The highest BCUT2D eigenvalue weighted by molar-refractivity contribution is 5.85. The van der Waals surface area contributed by atoms with E-state index in [9.17, 15) is 9.18 Å². The summed E-state index contributed by atoms with van der Waals surface area (Å²) in [5.74, 6) is -1.65. The average molecular weight is 191 g/mol. The van der Waals surface area contributed by atoms with Gasteiger partial charge in [0, 0.05) is 6.08 Å². The molecular weight excluding hydrogens is 185 g/mol. The van der Waals surface area contributed by atoms with Crippen molar-refractivity contribution in [3.63, 3.8) is 0 Å². The molecule has 1 aromatic carbocycles. The molecule has 1 rings (SSSR count). The van der Waals surface area contributed by atoms with Gasteiger partial charge in [-0.25, -0.2) is 9.18 Å². The Hall–Kier alpha value is -2.15. The van der Waals surface area contributed by atoms with E-state index in [1.165, 1.54) is 12.1 Å². The summed E-state index contributed by atoms with van der Waals surface area (Å²) in [6.45, 7) is 0. The molecule has 0 amide bonds. The molecule has 0 radical (unpaired) electrons. The van der Waals surface area contributed by atoms with Crippen molar-refractivity contribution in [2.75, 3.05) is 0 Å². The van der Waals surface area contributed by atoms with Gasteiger partial charge in [-0.1, -0.05) is 0 Å². The number of hydrogen-bond donors (Lipinski definition) is 1. The topological polar surface area (TPSA) is 61.1 Å². The van der Waals surface area contributed by atoms with Gasteiger partial charge >= 0.3 is 5.97 Å². The summed E-state index contributed by atoms with van der Waals surface area (Å²) in [6.07, 6.45) is 2.04. The van der Waals surface area contributed by atoms with Crippen LogP contribution in [0.5, 0.6) is 0 Å². The Morgan fingerprint density at radius 3 is 2.86 bits per heavy atom. The van der Waals surface area contributed by atoms with E-state index in [1.54, 1.807) is 0 Å². The van der Waals surface area contributed by atoms with Gasteiger partial charge in [0.2, 0.25) is 0 Å². The smallest absolute Gasteiger partial charge is 0.328 e. The Labute approximate surface area is 79.7 Å². The maximum absolute atomic E-state index is 12.7. The zero-order valence-corrected chi connectivity index (χ0v) is 7.07. The molecule has 0 saturated heterocycles. The van der Waals surface area contributed by atoms with Gasteiger partial charge in [-0.2, -0.15) is 5.26 Å². The molecule has 3 nitrogen and oxygen atoms in total. The summed E-state index contributed by atoms with van der Waals surface area (Å²) in [4.78, 5) is 10.2. The van der Waals surface area contributed by atoms with Gasteiger partial charge < -0.3 is 5.11 Å². The summed E-state index contributed by atoms with van der Waals surface area (Å²) >= 11 is 0. The lowest BCUT2D eigenvalue weighted by Gasteiger charge is -1.96. The number of benzene rings is 1. The summed E-state index contributed by atoms with van der Waals surface area (Å²) in [6, 6.07) is 5.40. The first-order valence-electron chi connectivity index (χ1n) is 3.74. The van der Waals surface area contributed by atoms with Crippen LogP contribution in [0.25, 0.3) is 6.08 Å². The molecule has 0 unspecified atom stereocenters. The lowest BCUT2D eigenvalue weighted by Crippen LogP contribution is -1.88. The predicted octanol–water partition coefficient (Wildman–Crippen LogP) is 1.80. The molecular formula is C10H6FNO2. The van der Waals surface area contributed by atoms with E-state index in [1.807, 2.05) is 6.07 Å². The number of aliphatic carboxylic acids is 1. The molecule has 14 heavy (non-hydrogen) atoms. The average Bonchev–Trinajstić information content (AvgIpc) is 2.15. The Bertz CT molecular complexity index is 432. The Balaban J connectivity index is 3.13. The van der Waals surface area contributed by atoms with Gasteiger partial charge in [0.05, 0.1) is 11.6 Å². The van der Waals surface area contributed by atoms with E-state index < -0.39 is 11.8 Å². The number of hydrogen-bond acceptors (Lipinski definition) is 2. The number of rotatable bonds is 2. The fourth-order valence-electron chi connectivity index (χ4n) is 0.934. The molecule has 0 aliphatic rings. The molecule has 1 aromatic rings. The number of carbonyl (C=O) groups is 1. The van der Waals surface area contributed by atoms with Crippen molar-refractivity contribution < 1.29 is 14.3 Å². The second kappa shape index (κ2) is 4.19. The Morgan fingerprint density at radius 2 is 2.29 bits per heavy atom. The van der Waals surface area contributed by atoms with Crippen LogP contribution in [0, 0.1) is 17.1 Å². The quantitative estimate of drug-likeness (QED) is 0.725. The third kappa shape index (κ3) is 2.42. The third-order valence-corrected chi connectivity index (χ3v) is 1.54. The minimum atomic E-state index is -1.14. The molecule has 0 fully saturated rings. The van der Waals surface area contributed by atoms with Crippen LogP contribution in [-0.4, -0.2) is 11.1 Å². The Kier molecular flexibility index (Phi) is 2.97. The lowest BCUT2D eigenvalue weighted by atomic mass is 10.1. The summed E-state index contributed by atoms with van der Waals surface area (Å²) in [5, 5.41) is 17.0. The van der Waals surface area contributed by atoms with Crippen molar-refractivity contribution in [3.8, 4) is 6.07 Å². The second-order valence-electron chi connectivity index (χ2n) is 2.51. The molecule has 4 heteroatoms. The first kappa shape index (κ1) is 9.93. The van der Waals surface area contributed by atoms with Gasteiger partial charge in [0.25, 0.3) is 0 Å². The van der Waals surface area contributed by atoms with Crippen molar-refractivity contribution in [2.45, 2.75) is 0 Å². The molecule has 0 heterocycles. The van der Waals surface area contributed by atoms with E-state index in [4.69, 9.17) is 10.4 Å². The molecule has 0 aliphatic carbocycles. The maximum Gasteiger partial charge on any atom is 0.328 e. The van der Waals surface area contributed by atoms with Crippen molar-refractivity contribution in [2.24, 2.45) is 0 Å². The van der Waals surface area contributed by atoms with Crippen molar-refractivity contribution in [3.05, 3.63) is 41.2 Å². The van der Waals surface area contributed by atoms with E-state index in [0.29, 0.717) is 0 Å². The van der Waals surface area contributed by atoms with Gasteiger partial charge in [-0.3, -0.25) is 0 Å². The van der Waals surface area contributed by atoms with Crippen LogP contribution >= 0.6 is 0 Å². The second-order valence-corrected chi connectivity index (χ2v) is 2.51. The number of nitrogens with zero attached hydrogens (tertiary/aromatic N) is 1. The van der Waals surface area contributed by atoms with E-state index in [-0.39, 0.29) is 11.1 Å². The van der Waals surface area contributed by atoms with Crippen LogP contribution in [0.3, 0.4) is 0 Å². The van der Waals surface area contributed by atoms with Gasteiger partial charge in [0.15, 0.2) is 0 Å². The number of halogens is 1. The first-order valence-corrected chi connectivity index (χ1v) is 3.74. The highest BCUT2D eigenvalue weighted by Gasteiger charge is 2.00. The van der Waals surface area contributed by atoms with Crippen molar-refractivity contribution >= 4 is 12.0 Å². The van der Waals surface area contributed by atoms with Crippen LogP contribution in [0.1, 0.15) is 11.1 Å². The number of carboxylic acid groups (broad SMARTS) is 1. The normalized spacial score (nSPS) is 10.0. The van der Waals surface area contributed by atoms with Gasteiger partial charge in [-0.15, -0.1) is 0 Å². The lowest BCUT2D eigenvalue weighted by molar-refractivity contribution is -0.131. The minimum absolute atomic E-state index is 0.240. The fourth-order valence-corrected chi connectivity index (χ4v) is 0.934. The molecule has 70 valence electrons. The standard InChI is InChI=1S/C10H6FNO2/c11-9-3-1-8(6-12)7(5-9)2-4-10(13)14/h1-5H,(H,13,14)/b4-2+. The zero-order valence-electron chi connectivity index (χ0n) is 7.07. The van der Waals surface area contributed by atoms with E-state index in [0.717, 1.165) is 18.2 Å². The fraction of sp³-hybridized carbons (Fsp3) is 0. The van der Waals surface area contributed by atoms with Gasteiger partial charge in [-0.05, 0) is 29.8 Å². The molecule has 0 bridgehead atoms. The molecule has 0 atom stereocenters. The number of nitriles is 1. The molecule has 0 aliphatic heterocycles. The minimum Gasteiger partial charge on any atom is -0.478 e. The summed E-state index contributed by atoms with van der Waals surface area (Å²) < 4.78 is 12.7. The number of carboxylic acids is 1. The van der Waals surface area contributed by atoms with Crippen LogP contribution in [0.2, 0.25) is 0 Å². The third-order valence-electron chi connectivity index (χ3n) is 1.54. The first-order chi connectivity index (χ1) is 6.63.